The maximum atomic E-state index is 5.86. The van der Waals surface area contributed by atoms with Crippen LogP contribution in [0.1, 0.15) is 22.7 Å². The average molecular weight is 191 g/mol. The molecule has 1 aromatic carbocycles. The summed E-state index contributed by atoms with van der Waals surface area (Å²) in [5.74, 6) is 0.935. The Balaban J connectivity index is 3.20. The average Bonchev–Trinajstić information content (AvgIpc) is 2.16. The molecule has 0 amide bonds. The zero-order valence-corrected chi connectivity index (χ0v) is 9.00. The van der Waals surface area contributed by atoms with Crippen molar-refractivity contribution >= 4 is 0 Å². The van der Waals surface area contributed by atoms with Gasteiger partial charge in [-0.15, -0.1) is 6.58 Å². The summed E-state index contributed by atoms with van der Waals surface area (Å²) in [6.45, 7) is 7.72. The monoisotopic (exact) mass is 191 g/mol. The van der Waals surface area contributed by atoms with Gasteiger partial charge < -0.3 is 10.5 Å². The minimum Gasteiger partial charge on any atom is -0.496 e. The quantitative estimate of drug-likeness (QED) is 0.745. The third kappa shape index (κ3) is 1.96. The third-order valence-electron chi connectivity index (χ3n) is 2.33. The lowest BCUT2D eigenvalue weighted by atomic mass is 10.0. The maximum absolute atomic E-state index is 5.86. The van der Waals surface area contributed by atoms with Crippen molar-refractivity contribution in [2.24, 2.45) is 5.73 Å². The van der Waals surface area contributed by atoms with Gasteiger partial charge in [0, 0.05) is 6.04 Å². The molecule has 0 aliphatic rings. The fourth-order valence-corrected chi connectivity index (χ4v) is 1.63. The van der Waals surface area contributed by atoms with E-state index in [0.717, 1.165) is 22.4 Å². The largest absolute Gasteiger partial charge is 0.496 e. The van der Waals surface area contributed by atoms with Crippen molar-refractivity contribution in [2.45, 2.75) is 19.9 Å². The summed E-state index contributed by atoms with van der Waals surface area (Å²) in [7, 11) is 1.68. The number of ether oxygens (including phenoxy) is 1. The van der Waals surface area contributed by atoms with E-state index in [4.69, 9.17) is 10.5 Å². The van der Waals surface area contributed by atoms with Crippen molar-refractivity contribution in [2.75, 3.05) is 7.11 Å². The van der Waals surface area contributed by atoms with Crippen molar-refractivity contribution in [3.05, 3.63) is 41.5 Å². The van der Waals surface area contributed by atoms with Crippen LogP contribution in [0.5, 0.6) is 5.75 Å². The Morgan fingerprint density at radius 2 is 1.86 bits per heavy atom. The molecule has 2 N–H and O–H groups in total. The second kappa shape index (κ2) is 4.29. The Kier molecular flexibility index (Phi) is 3.31. The molecule has 1 atom stereocenters. The van der Waals surface area contributed by atoms with Crippen LogP contribution in [0.4, 0.5) is 0 Å². The van der Waals surface area contributed by atoms with Crippen LogP contribution in [-0.4, -0.2) is 7.11 Å². The van der Waals surface area contributed by atoms with E-state index < -0.39 is 0 Å². The maximum Gasteiger partial charge on any atom is 0.124 e. The molecule has 0 bridgehead atoms. The van der Waals surface area contributed by atoms with E-state index in [0.29, 0.717) is 0 Å². The summed E-state index contributed by atoms with van der Waals surface area (Å²) < 4.78 is 5.28. The summed E-state index contributed by atoms with van der Waals surface area (Å²) in [5, 5.41) is 0. The Morgan fingerprint density at radius 3 is 2.21 bits per heavy atom. The molecular formula is C12H17NO. The molecule has 14 heavy (non-hydrogen) atoms. The first-order valence-electron chi connectivity index (χ1n) is 4.63. The first-order chi connectivity index (χ1) is 6.60. The van der Waals surface area contributed by atoms with Gasteiger partial charge in [0.1, 0.15) is 5.75 Å². The van der Waals surface area contributed by atoms with Gasteiger partial charge in [-0.05, 0) is 30.5 Å². The fourth-order valence-electron chi connectivity index (χ4n) is 1.63. The molecule has 0 saturated heterocycles. The Labute approximate surface area is 85.4 Å². The molecular weight excluding hydrogens is 174 g/mol. The van der Waals surface area contributed by atoms with Crippen LogP contribution in [0, 0.1) is 13.8 Å². The van der Waals surface area contributed by atoms with Crippen LogP contribution in [0.15, 0.2) is 24.8 Å². The fraction of sp³-hybridized carbons (Fsp3) is 0.333. The number of aryl methyl sites for hydroxylation is 2. The lowest BCUT2D eigenvalue weighted by Gasteiger charge is -2.13. The Morgan fingerprint density at radius 1 is 1.36 bits per heavy atom. The number of methoxy groups -OCH3 is 1. The standard InChI is InChI=1S/C12H17NO/c1-5-11(13)10-6-8(2)12(14-4)9(3)7-10/h5-7,11H,1,13H2,2-4H3/t11-/m0/s1. The topological polar surface area (TPSA) is 35.2 Å². The Hall–Kier alpha value is -1.28. The first-order valence-corrected chi connectivity index (χ1v) is 4.63. The summed E-state index contributed by atoms with van der Waals surface area (Å²) in [5.41, 5.74) is 9.17. The molecule has 0 aliphatic heterocycles. The van der Waals surface area contributed by atoms with E-state index in [-0.39, 0.29) is 6.04 Å². The highest BCUT2D eigenvalue weighted by Crippen LogP contribution is 2.26. The molecule has 76 valence electrons. The molecule has 2 heteroatoms. The summed E-state index contributed by atoms with van der Waals surface area (Å²) in [6.07, 6.45) is 1.74. The number of nitrogens with two attached hydrogens (primary N) is 1. The lowest BCUT2D eigenvalue weighted by molar-refractivity contribution is 0.408. The molecule has 1 rings (SSSR count). The molecule has 0 unspecified atom stereocenters. The van der Waals surface area contributed by atoms with Gasteiger partial charge in [-0.3, -0.25) is 0 Å². The van der Waals surface area contributed by atoms with Crippen LogP contribution in [0.25, 0.3) is 0 Å². The van der Waals surface area contributed by atoms with Gasteiger partial charge in [0.2, 0.25) is 0 Å². The smallest absolute Gasteiger partial charge is 0.124 e. The van der Waals surface area contributed by atoms with Crippen molar-refractivity contribution in [1.29, 1.82) is 0 Å². The first kappa shape index (κ1) is 10.8. The molecule has 0 fully saturated rings. The molecule has 0 aliphatic carbocycles. The number of hydrogen-bond acceptors (Lipinski definition) is 2. The zero-order chi connectivity index (χ0) is 10.7. The van der Waals surface area contributed by atoms with Gasteiger partial charge in [0.25, 0.3) is 0 Å². The third-order valence-corrected chi connectivity index (χ3v) is 2.33. The van der Waals surface area contributed by atoms with E-state index in [1.54, 1.807) is 13.2 Å². The predicted molar refractivity (Wildman–Crippen MR) is 59.6 cm³/mol. The minimum absolute atomic E-state index is 0.0988. The number of benzene rings is 1. The highest BCUT2D eigenvalue weighted by Gasteiger charge is 2.08. The van der Waals surface area contributed by atoms with E-state index in [1.165, 1.54) is 0 Å². The summed E-state index contributed by atoms with van der Waals surface area (Å²) in [6, 6.07) is 3.98. The van der Waals surface area contributed by atoms with Gasteiger partial charge in [-0.1, -0.05) is 18.2 Å². The lowest BCUT2D eigenvalue weighted by Crippen LogP contribution is -2.07. The van der Waals surface area contributed by atoms with Crippen molar-refractivity contribution in [3.63, 3.8) is 0 Å². The van der Waals surface area contributed by atoms with E-state index in [9.17, 15) is 0 Å². The van der Waals surface area contributed by atoms with Gasteiger partial charge in [0.15, 0.2) is 0 Å². The van der Waals surface area contributed by atoms with E-state index in [2.05, 4.69) is 6.58 Å². The highest BCUT2D eigenvalue weighted by molar-refractivity contribution is 5.44. The number of hydrogen-bond donors (Lipinski definition) is 1. The van der Waals surface area contributed by atoms with Gasteiger partial charge >= 0.3 is 0 Å². The second-order valence-corrected chi connectivity index (χ2v) is 3.45. The molecule has 0 saturated carbocycles. The van der Waals surface area contributed by atoms with Gasteiger partial charge in [-0.25, -0.2) is 0 Å². The van der Waals surface area contributed by atoms with E-state index in [1.807, 2.05) is 26.0 Å². The molecule has 0 radical (unpaired) electrons. The SMILES string of the molecule is C=C[C@H](N)c1cc(C)c(OC)c(C)c1. The zero-order valence-electron chi connectivity index (χ0n) is 9.00. The normalized spacial score (nSPS) is 12.3. The van der Waals surface area contributed by atoms with Crippen molar-refractivity contribution in [3.8, 4) is 5.75 Å². The molecule has 0 heterocycles. The van der Waals surface area contributed by atoms with Crippen LogP contribution in [-0.2, 0) is 0 Å². The molecule has 1 aromatic rings. The van der Waals surface area contributed by atoms with Crippen LogP contribution in [0.3, 0.4) is 0 Å². The molecule has 0 aromatic heterocycles. The molecule has 0 spiro atoms. The van der Waals surface area contributed by atoms with Crippen LogP contribution >= 0.6 is 0 Å². The predicted octanol–water partition coefficient (Wildman–Crippen LogP) is 2.50. The Bertz CT molecular complexity index is 321. The van der Waals surface area contributed by atoms with E-state index >= 15 is 0 Å². The minimum atomic E-state index is -0.0988. The summed E-state index contributed by atoms with van der Waals surface area (Å²) in [4.78, 5) is 0. The van der Waals surface area contributed by atoms with Gasteiger partial charge in [-0.2, -0.15) is 0 Å². The summed E-state index contributed by atoms with van der Waals surface area (Å²) >= 11 is 0. The van der Waals surface area contributed by atoms with Crippen molar-refractivity contribution in [1.82, 2.24) is 0 Å². The molecule has 2 nitrogen and oxygen atoms in total. The number of rotatable bonds is 3. The van der Waals surface area contributed by atoms with Crippen molar-refractivity contribution < 1.29 is 4.74 Å². The highest BCUT2D eigenvalue weighted by atomic mass is 16.5. The second-order valence-electron chi connectivity index (χ2n) is 3.45. The van der Waals surface area contributed by atoms with Crippen LogP contribution < -0.4 is 10.5 Å². The van der Waals surface area contributed by atoms with Crippen LogP contribution in [0.2, 0.25) is 0 Å². The van der Waals surface area contributed by atoms with Gasteiger partial charge in [0.05, 0.1) is 7.11 Å².